The molecule has 27 heavy (non-hydrogen) atoms. The summed E-state index contributed by atoms with van der Waals surface area (Å²) < 4.78 is 25.8. The van der Waals surface area contributed by atoms with Crippen LogP contribution in [0.25, 0.3) is 0 Å². The Kier molecular flexibility index (Phi) is 5.53. The number of hydrogen-bond donors (Lipinski definition) is 1. The second-order valence-corrected chi connectivity index (χ2v) is 8.77. The van der Waals surface area contributed by atoms with E-state index in [1.54, 1.807) is 30.3 Å². The maximum absolute atomic E-state index is 12.5. The van der Waals surface area contributed by atoms with Crippen LogP contribution in [0.3, 0.4) is 0 Å². The smallest absolute Gasteiger partial charge is 0.257 e. The van der Waals surface area contributed by atoms with Crippen LogP contribution in [0, 0.1) is 0 Å². The monoisotopic (exact) mass is 406 g/mol. The van der Waals surface area contributed by atoms with Gasteiger partial charge in [-0.15, -0.1) is 0 Å². The van der Waals surface area contributed by atoms with Crippen LogP contribution in [0.15, 0.2) is 42.5 Å². The molecule has 0 aliphatic carbocycles. The molecule has 0 saturated carbocycles. The van der Waals surface area contributed by atoms with Crippen LogP contribution in [0.2, 0.25) is 5.02 Å². The van der Waals surface area contributed by atoms with Crippen LogP contribution >= 0.6 is 11.6 Å². The van der Waals surface area contributed by atoms with Crippen LogP contribution in [0.5, 0.6) is 0 Å². The van der Waals surface area contributed by atoms with Gasteiger partial charge in [0.15, 0.2) is 5.78 Å². The Morgan fingerprint density at radius 1 is 1.11 bits per heavy atom. The molecule has 0 radical (unpaired) electrons. The van der Waals surface area contributed by atoms with Crippen molar-refractivity contribution in [1.29, 1.82) is 0 Å². The van der Waals surface area contributed by atoms with Crippen molar-refractivity contribution in [2.45, 2.75) is 19.8 Å². The normalized spacial score (nSPS) is 16.0. The van der Waals surface area contributed by atoms with Crippen LogP contribution < -0.4 is 9.62 Å². The number of benzene rings is 2. The summed E-state index contributed by atoms with van der Waals surface area (Å²) in [6, 6.07) is 11.2. The fraction of sp³-hybridized carbons (Fsp3) is 0.263. The first-order chi connectivity index (χ1) is 12.8. The lowest BCUT2D eigenvalue weighted by Gasteiger charge is -2.28. The highest BCUT2D eigenvalue weighted by molar-refractivity contribution is 7.92. The molecule has 1 aliphatic rings. The summed E-state index contributed by atoms with van der Waals surface area (Å²) in [7, 11) is -3.35. The van der Waals surface area contributed by atoms with Gasteiger partial charge >= 0.3 is 0 Å². The van der Waals surface area contributed by atoms with E-state index in [1.807, 2.05) is 0 Å². The van der Waals surface area contributed by atoms with E-state index in [4.69, 9.17) is 11.6 Å². The Bertz CT molecular complexity index is 1000. The third-order valence-corrected chi connectivity index (χ3v) is 6.54. The summed E-state index contributed by atoms with van der Waals surface area (Å²) in [4.78, 5) is 24.0. The predicted octanol–water partition coefficient (Wildman–Crippen LogP) is 3.72. The summed E-state index contributed by atoms with van der Waals surface area (Å²) in [5, 5.41) is 2.86. The summed E-state index contributed by atoms with van der Waals surface area (Å²) in [5.74, 6) is -0.427. The van der Waals surface area contributed by atoms with Crippen molar-refractivity contribution in [2.75, 3.05) is 21.9 Å². The zero-order valence-corrected chi connectivity index (χ0v) is 16.3. The number of Topliss-reactive ketones (excluding diaryl/α,β-unsaturated/α-hetero) is 1. The van der Waals surface area contributed by atoms with Crippen molar-refractivity contribution in [3.05, 3.63) is 58.6 Å². The molecule has 142 valence electrons. The van der Waals surface area contributed by atoms with Crippen molar-refractivity contribution in [3.63, 3.8) is 0 Å². The van der Waals surface area contributed by atoms with Crippen LogP contribution in [0.4, 0.5) is 11.4 Å². The molecule has 0 aromatic heterocycles. The number of halogens is 1. The van der Waals surface area contributed by atoms with Gasteiger partial charge in [-0.2, -0.15) is 0 Å². The lowest BCUT2D eigenvalue weighted by Crippen LogP contribution is -2.37. The number of rotatable bonds is 4. The number of nitrogens with zero attached hydrogens (tertiary/aromatic N) is 1. The number of carbonyl (C=O) groups is 2. The average molecular weight is 407 g/mol. The number of amides is 1. The highest BCUT2D eigenvalue weighted by Gasteiger charge is 2.26. The van der Waals surface area contributed by atoms with Crippen LogP contribution in [-0.2, 0) is 10.0 Å². The molecular weight excluding hydrogens is 388 g/mol. The molecule has 8 heteroatoms. The predicted molar refractivity (Wildman–Crippen MR) is 106 cm³/mol. The Morgan fingerprint density at radius 3 is 2.56 bits per heavy atom. The number of nitrogens with one attached hydrogen (secondary N) is 1. The maximum atomic E-state index is 12.5. The molecule has 0 bridgehead atoms. The fourth-order valence-electron chi connectivity index (χ4n) is 2.94. The summed E-state index contributed by atoms with van der Waals surface area (Å²) >= 11 is 6.25. The van der Waals surface area contributed by atoms with E-state index in [0.717, 1.165) is 6.42 Å². The quantitative estimate of drug-likeness (QED) is 0.784. The average Bonchev–Trinajstić information content (AvgIpc) is 2.61. The Labute approximate surface area is 163 Å². The molecular formula is C19H19ClN2O4S. The Hall–Kier alpha value is -2.38. The van der Waals surface area contributed by atoms with Crippen molar-refractivity contribution in [3.8, 4) is 0 Å². The van der Waals surface area contributed by atoms with Gasteiger partial charge in [0.25, 0.3) is 5.91 Å². The molecule has 0 atom stereocenters. The molecule has 6 nitrogen and oxygen atoms in total. The highest BCUT2D eigenvalue weighted by atomic mass is 35.5. The molecule has 3 rings (SSSR count). The molecule has 0 unspecified atom stereocenters. The minimum Gasteiger partial charge on any atom is -0.322 e. The molecule has 1 fully saturated rings. The Morgan fingerprint density at radius 2 is 1.89 bits per heavy atom. The zero-order chi connectivity index (χ0) is 19.6. The van der Waals surface area contributed by atoms with E-state index in [0.29, 0.717) is 29.9 Å². The SMILES string of the molecule is CC(=O)c1cccc(NC(=O)c2ccc(N3CCCCS3(=O)=O)cc2Cl)c1. The third-order valence-electron chi connectivity index (χ3n) is 4.36. The van der Waals surface area contributed by atoms with E-state index >= 15 is 0 Å². The standard InChI is InChI=1S/C19H19ClN2O4S/c1-13(23)14-5-4-6-15(11-14)21-19(24)17-8-7-16(12-18(17)20)22-9-2-3-10-27(22,25)26/h4-8,11-12H,2-3,9-10H2,1H3,(H,21,24). The van der Waals surface area contributed by atoms with Gasteiger partial charge in [0.05, 0.1) is 22.0 Å². The number of hydrogen-bond acceptors (Lipinski definition) is 4. The van der Waals surface area contributed by atoms with Crippen molar-refractivity contribution in [2.24, 2.45) is 0 Å². The number of sulfonamides is 1. The molecule has 1 aliphatic heterocycles. The molecule has 0 spiro atoms. The van der Waals surface area contributed by atoms with Gasteiger partial charge < -0.3 is 5.32 Å². The molecule has 1 saturated heterocycles. The molecule has 1 amide bonds. The maximum Gasteiger partial charge on any atom is 0.257 e. The zero-order valence-electron chi connectivity index (χ0n) is 14.7. The van der Waals surface area contributed by atoms with Gasteiger partial charge in [0.2, 0.25) is 10.0 Å². The van der Waals surface area contributed by atoms with Crippen molar-refractivity contribution >= 4 is 44.7 Å². The van der Waals surface area contributed by atoms with E-state index in [9.17, 15) is 18.0 Å². The molecule has 1 heterocycles. The first kappa shape index (κ1) is 19.4. The van der Waals surface area contributed by atoms with Gasteiger partial charge in [-0.3, -0.25) is 13.9 Å². The van der Waals surface area contributed by atoms with Crippen LogP contribution in [-0.4, -0.2) is 32.4 Å². The minimum absolute atomic E-state index is 0.101. The number of ketones is 1. The van der Waals surface area contributed by atoms with E-state index in [1.165, 1.54) is 23.4 Å². The first-order valence-corrected chi connectivity index (χ1v) is 10.5. The van der Waals surface area contributed by atoms with E-state index in [2.05, 4.69) is 5.32 Å². The number of anilines is 2. The lowest BCUT2D eigenvalue weighted by molar-refractivity contribution is 0.101. The third kappa shape index (κ3) is 4.31. The summed E-state index contributed by atoms with van der Waals surface area (Å²) in [5.41, 5.74) is 1.65. The second kappa shape index (κ2) is 7.70. The topological polar surface area (TPSA) is 83.6 Å². The molecule has 1 N–H and O–H groups in total. The lowest BCUT2D eigenvalue weighted by atomic mass is 10.1. The van der Waals surface area contributed by atoms with Crippen molar-refractivity contribution in [1.82, 2.24) is 0 Å². The molecule has 2 aromatic carbocycles. The van der Waals surface area contributed by atoms with E-state index < -0.39 is 15.9 Å². The summed E-state index contributed by atoms with van der Waals surface area (Å²) in [6.45, 7) is 1.85. The van der Waals surface area contributed by atoms with Gasteiger partial charge in [-0.25, -0.2) is 8.42 Å². The second-order valence-electron chi connectivity index (χ2n) is 6.35. The largest absolute Gasteiger partial charge is 0.322 e. The van der Waals surface area contributed by atoms with Gasteiger partial charge in [0, 0.05) is 17.8 Å². The van der Waals surface area contributed by atoms with Gasteiger partial charge in [-0.05, 0) is 50.1 Å². The van der Waals surface area contributed by atoms with Crippen molar-refractivity contribution < 1.29 is 18.0 Å². The first-order valence-electron chi connectivity index (χ1n) is 8.50. The Balaban J connectivity index is 1.82. The van der Waals surface area contributed by atoms with Crippen LogP contribution in [0.1, 0.15) is 40.5 Å². The highest BCUT2D eigenvalue weighted by Crippen LogP contribution is 2.28. The fourth-order valence-corrected chi connectivity index (χ4v) is 4.83. The summed E-state index contributed by atoms with van der Waals surface area (Å²) in [6.07, 6.45) is 1.43. The number of carbonyl (C=O) groups excluding carboxylic acids is 2. The molecule has 2 aromatic rings. The van der Waals surface area contributed by atoms with Gasteiger partial charge in [-0.1, -0.05) is 23.7 Å². The van der Waals surface area contributed by atoms with E-state index in [-0.39, 0.29) is 22.1 Å². The van der Waals surface area contributed by atoms with Gasteiger partial charge in [0.1, 0.15) is 0 Å². The minimum atomic E-state index is -3.35.